The van der Waals surface area contributed by atoms with Gasteiger partial charge >= 0.3 is 0 Å². The fourth-order valence-corrected chi connectivity index (χ4v) is 5.24. The van der Waals surface area contributed by atoms with Gasteiger partial charge in [0.1, 0.15) is 11.1 Å². The van der Waals surface area contributed by atoms with Crippen LogP contribution in [0.5, 0.6) is 0 Å². The summed E-state index contributed by atoms with van der Waals surface area (Å²) in [6.45, 7) is 2.90. The Kier molecular flexibility index (Phi) is 5.32. The molecule has 1 aromatic carbocycles. The van der Waals surface area contributed by atoms with Crippen molar-refractivity contribution in [2.45, 2.75) is 38.7 Å². The first kappa shape index (κ1) is 19.3. The summed E-state index contributed by atoms with van der Waals surface area (Å²) in [5.41, 5.74) is 4.20. The number of nitrogens with zero attached hydrogens (tertiary/aromatic N) is 4. The molecule has 1 amide bonds. The van der Waals surface area contributed by atoms with Crippen molar-refractivity contribution in [1.82, 2.24) is 19.6 Å². The Labute approximate surface area is 181 Å². The number of carbonyl (C=O) groups excluding carboxylic acids is 1. The van der Waals surface area contributed by atoms with Gasteiger partial charge in [0.05, 0.1) is 12.1 Å². The minimum atomic E-state index is -0.118. The molecule has 5 rings (SSSR count). The summed E-state index contributed by atoms with van der Waals surface area (Å²) < 4.78 is 7.62. The van der Waals surface area contributed by atoms with E-state index in [1.165, 1.54) is 28.2 Å². The molecule has 3 aromatic heterocycles. The second-order valence-corrected chi connectivity index (χ2v) is 9.07. The first-order chi connectivity index (χ1) is 14.7. The number of carbonyl (C=O) groups is 1. The Morgan fingerprint density at radius 3 is 2.93 bits per heavy atom. The quantitative estimate of drug-likeness (QED) is 0.478. The van der Waals surface area contributed by atoms with Crippen LogP contribution in [0.3, 0.4) is 0 Å². The molecule has 0 bridgehead atoms. The van der Waals surface area contributed by atoms with Crippen LogP contribution >= 0.6 is 22.7 Å². The number of aryl methyl sites for hydroxylation is 1. The number of thiazole rings is 1. The van der Waals surface area contributed by atoms with Crippen LogP contribution in [0.15, 0.2) is 35.8 Å². The molecule has 0 aliphatic carbocycles. The molecule has 4 aromatic rings. The Balaban J connectivity index is 1.29. The molecule has 0 saturated carbocycles. The van der Waals surface area contributed by atoms with E-state index >= 15 is 0 Å². The Morgan fingerprint density at radius 2 is 2.17 bits per heavy atom. The summed E-state index contributed by atoms with van der Waals surface area (Å²) in [7, 11) is 0. The molecule has 0 spiro atoms. The number of anilines is 1. The molecule has 1 fully saturated rings. The minimum Gasteiger partial charge on any atom is -0.371 e. The lowest BCUT2D eigenvalue weighted by molar-refractivity contribution is -0.115. The number of aromatic nitrogens is 4. The van der Waals surface area contributed by atoms with Gasteiger partial charge in [0.2, 0.25) is 11.0 Å². The number of amides is 1. The highest BCUT2D eigenvalue weighted by Crippen LogP contribution is 2.32. The van der Waals surface area contributed by atoms with Crippen LogP contribution in [-0.4, -0.2) is 32.1 Å². The van der Waals surface area contributed by atoms with Crippen molar-refractivity contribution in [3.05, 3.63) is 52.1 Å². The Morgan fingerprint density at radius 1 is 1.30 bits per heavy atom. The molecule has 1 aliphatic heterocycles. The van der Waals surface area contributed by atoms with Crippen LogP contribution in [0.4, 0.5) is 5.13 Å². The number of benzene rings is 1. The minimum absolute atomic E-state index is 0.0143. The summed E-state index contributed by atoms with van der Waals surface area (Å²) in [5, 5.41) is 14.4. The highest BCUT2D eigenvalue weighted by molar-refractivity contribution is 7.15. The molecular weight excluding hydrogens is 418 g/mol. The third-order valence-corrected chi connectivity index (χ3v) is 6.99. The number of imidazole rings is 1. The number of hydrogen-bond acceptors (Lipinski definition) is 7. The standard InChI is InChI=1S/C21H21N5O2S2/c1-2-13-5-7-14(8-6-13)16-11-26-15(12-29-21(26)22-16)10-18(27)23-20-25-24-19(30-20)17-4-3-9-28-17/h5-8,11-12,17H,2-4,9-10H2,1H3,(H,23,25,27). The Hall–Kier alpha value is -2.62. The van der Waals surface area contributed by atoms with Gasteiger partial charge in [0, 0.05) is 29.4 Å². The molecule has 1 atom stereocenters. The number of ether oxygens (including phenoxy) is 1. The largest absolute Gasteiger partial charge is 0.371 e. The van der Waals surface area contributed by atoms with Crippen LogP contribution in [0.25, 0.3) is 16.2 Å². The number of fused-ring (bicyclic) bond motifs is 1. The van der Waals surface area contributed by atoms with E-state index in [0.29, 0.717) is 5.13 Å². The zero-order valence-corrected chi connectivity index (χ0v) is 18.1. The van der Waals surface area contributed by atoms with E-state index in [0.717, 1.165) is 52.8 Å². The molecule has 154 valence electrons. The van der Waals surface area contributed by atoms with Crippen molar-refractivity contribution in [2.24, 2.45) is 0 Å². The number of hydrogen-bond donors (Lipinski definition) is 1. The monoisotopic (exact) mass is 439 g/mol. The summed E-state index contributed by atoms with van der Waals surface area (Å²) in [5.74, 6) is -0.118. The maximum atomic E-state index is 12.6. The van der Waals surface area contributed by atoms with E-state index in [-0.39, 0.29) is 18.4 Å². The van der Waals surface area contributed by atoms with Gasteiger partial charge in [-0.2, -0.15) is 0 Å². The van der Waals surface area contributed by atoms with E-state index < -0.39 is 0 Å². The van der Waals surface area contributed by atoms with E-state index in [1.807, 2.05) is 16.0 Å². The zero-order chi connectivity index (χ0) is 20.5. The molecule has 0 radical (unpaired) electrons. The lowest BCUT2D eigenvalue weighted by atomic mass is 10.1. The van der Waals surface area contributed by atoms with E-state index in [4.69, 9.17) is 9.72 Å². The van der Waals surface area contributed by atoms with Crippen molar-refractivity contribution in [3.63, 3.8) is 0 Å². The van der Waals surface area contributed by atoms with Crippen molar-refractivity contribution in [3.8, 4) is 11.3 Å². The van der Waals surface area contributed by atoms with Gasteiger partial charge in [0.25, 0.3) is 0 Å². The molecule has 1 unspecified atom stereocenters. The van der Waals surface area contributed by atoms with Crippen LogP contribution in [0, 0.1) is 0 Å². The van der Waals surface area contributed by atoms with Gasteiger partial charge in [-0.05, 0) is 24.8 Å². The maximum absolute atomic E-state index is 12.6. The predicted octanol–water partition coefficient (Wildman–Crippen LogP) is 4.51. The van der Waals surface area contributed by atoms with Crippen LogP contribution in [-0.2, 0) is 22.4 Å². The summed E-state index contributed by atoms with van der Waals surface area (Å²) >= 11 is 2.92. The smallest absolute Gasteiger partial charge is 0.232 e. The second kappa shape index (κ2) is 8.25. The van der Waals surface area contributed by atoms with Gasteiger partial charge in [-0.3, -0.25) is 9.20 Å². The molecule has 1 saturated heterocycles. The third-order valence-electron chi connectivity index (χ3n) is 5.18. The molecule has 4 heterocycles. The van der Waals surface area contributed by atoms with Gasteiger partial charge in [-0.25, -0.2) is 4.98 Å². The number of rotatable bonds is 6. The van der Waals surface area contributed by atoms with Crippen molar-refractivity contribution in [2.75, 3.05) is 11.9 Å². The first-order valence-electron chi connectivity index (χ1n) is 9.99. The summed E-state index contributed by atoms with van der Waals surface area (Å²) in [6.07, 6.45) is 5.27. The van der Waals surface area contributed by atoms with E-state index in [2.05, 4.69) is 46.7 Å². The normalized spacial score (nSPS) is 16.4. The molecular formula is C21H21N5O2S2. The van der Waals surface area contributed by atoms with Crippen LogP contribution < -0.4 is 5.32 Å². The van der Waals surface area contributed by atoms with Crippen molar-refractivity contribution >= 4 is 38.7 Å². The van der Waals surface area contributed by atoms with E-state index in [9.17, 15) is 4.79 Å². The average Bonchev–Trinajstić information content (AvgIpc) is 3.54. The van der Waals surface area contributed by atoms with Crippen LogP contribution in [0.1, 0.15) is 42.1 Å². The Bertz CT molecular complexity index is 1170. The van der Waals surface area contributed by atoms with Gasteiger partial charge in [-0.15, -0.1) is 21.5 Å². The predicted molar refractivity (Wildman–Crippen MR) is 118 cm³/mol. The number of nitrogens with one attached hydrogen (secondary N) is 1. The van der Waals surface area contributed by atoms with Gasteiger partial charge < -0.3 is 10.1 Å². The highest BCUT2D eigenvalue weighted by atomic mass is 32.1. The fraction of sp³-hybridized carbons (Fsp3) is 0.333. The molecule has 1 N–H and O–H groups in total. The topological polar surface area (TPSA) is 81.4 Å². The average molecular weight is 440 g/mol. The lowest BCUT2D eigenvalue weighted by Crippen LogP contribution is -2.15. The molecule has 1 aliphatic rings. The highest BCUT2D eigenvalue weighted by Gasteiger charge is 2.22. The van der Waals surface area contributed by atoms with E-state index in [1.54, 1.807) is 0 Å². The summed E-state index contributed by atoms with van der Waals surface area (Å²) in [4.78, 5) is 18.2. The fourth-order valence-electron chi connectivity index (χ4n) is 3.52. The molecule has 7 nitrogen and oxygen atoms in total. The van der Waals surface area contributed by atoms with Crippen molar-refractivity contribution in [1.29, 1.82) is 0 Å². The van der Waals surface area contributed by atoms with Gasteiger partial charge in [-0.1, -0.05) is 42.5 Å². The second-order valence-electron chi connectivity index (χ2n) is 7.23. The molecule has 30 heavy (non-hydrogen) atoms. The summed E-state index contributed by atoms with van der Waals surface area (Å²) in [6, 6.07) is 8.45. The molecule has 9 heteroatoms. The van der Waals surface area contributed by atoms with Gasteiger partial charge in [0.15, 0.2) is 4.96 Å². The van der Waals surface area contributed by atoms with Crippen LogP contribution in [0.2, 0.25) is 0 Å². The zero-order valence-electron chi connectivity index (χ0n) is 16.5. The lowest BCUT2D eigenvalue weighted by Gasteiger charge is -2.02. The maximum Gasteiger partial charge on any atom is 0.232 e. The van der Waals surface area contributed by atoms with Crippen molar-refractivity contribution < 1.29 is 9.53 Å². The third kappa shape index (κ3) is 3.88. The first-order valence-corrected chi connectivity index (χ1v) is 11.7. The SMILES string of the molecule is CCc1ccc(-c2cn3c(CC(=O)Nc4nnc(C5CCCO5)s4)csc3n2)cc1.